The van der Waals surface area contributed by atoms with Crippen molar-refractivity contribution < 1.29 is 9.90 Å². The first-order valence-electron chi connectivity index (χ1n) is 5.16. The average molecular weight is 200 g/mol. The van der Waals surface area contributed by atoms with Crippen LogP contribution in [0.4, 0.5) is 0 Å². The van der Waals surface area contributed by atoms with Gasteiger partial charge in [0.25, 0.3) is 0 Å². The van der Waals surface area contributed by atoms with Gasteiger partial charge in [-0.25, -0.2) is 0 Å². The molecule has 1 aliphatic rings. The summed E-state index contributed by atoms with van der Waals surface area (Å²) in [7, 11) is 1.79. The van der Waals surface area contributed by atoms with E-state index in [4.69, 9.17) is 0 Å². The maximum absolute atomic E-state index is 11.7. The first kappa shape index (κ1) is 11.5. The molecule has 4 nitrogen and oxygen atoms in total. The molecule has 1 unspecified atom stereocenters. The van der Waals surface area contributed by atoms with Crippen molar-refractivity contribution in [2.75, 3.05) is 33.3 Å². The normalized spacial score (nSPS) is 24.8. The SMILES string of the molecule is CC(C)CN1CCN(C)C(=O)C1CO. The zero-order valence-electron chi connectivity index (χ0n) is 9.23. The smallest absolute Gasteiger partial charge is 0.242 e. The lowest BCUT2D eigenvalue weighted by Gasteiger charge is -2.39. The highest BCUT2D eigenvalue weighted by atomic mass is 16.3. The minimum absolute atomic E-state index is 0.0411. The number of carbonyl (C=O) groups excluding carboxylic acids is 1. The van der Waals surface area contributed by atoms with Crippen molar-refractivity contribution >= 4 is 5.91 Å². The van der Waals surface area contributed by atoms with E-state index in [1.54, 1.807) is 11.9 Å². The molecular formula is C10H20N2O2. The highest BCUT2D eigenvalue weighted by molar-refractivity contribution is 5.82. The van der Waals surface area contributed by atoms with Gasteiger partial charge in [-0.3, -0.25) is 9.69 Å². The van der Waals surface area contributed by atoms with Crippen molar-refractivity contribution in [2.45, 2.75) is 19.9 Å². The predicted molar refractivity (Wildman–Crippen MR) is 54.9 cm³/mol. The van der Waals surface area contributed by atoms with Crippen LogP contribution in [0.3, 0.4) is 0 Å². The molecular weight excluding hydrogens is 180 g/mol. The number of piperazine rings is 1. The predicted octanol–water partition coefficient (Wildman–Crippen LogP) is -0.223. The Labute approximate surface area is 85.5 Å². The lowest BCUT2D eigenvalue weighted by Crippen LogP contribution is -2.57. The Bertz CT molecular complexity index is 206. The van der Waals surface area contributed by atoms with Crippen LogP contribution in [-0.2, 0) is 4.79 Å². The second kappa shape index (κ2) is 4.75. The molecule has 1 aliphatic heterocycles. The van der Waals surface area contributed by atoms with Crippen molar-refractivity contribution in [1.29, 1.82) is 0 Å². The maximum atomic E-state index is 11.7. The van der Waals surface area contributed by atoms with Crippen LogP contribution in [0.1, 0.15) is 13.8 Å². The minimum Gasteiger partial charge on any atom is -0.394 e. The summed E-state index contributed by atoms with van der Waals surface area (Å²) in [5, 5.41) is 9.17. The van der Waals surface area contributed by atoms with E-state index in [1.807, 2.05) is 0 Å². The quantitative estimate of drug-likeness (QED) is 0.685. The van der Waals surface area contributed by atoms with E-state index in [1.165, 1.54) is 0 Å². The van der Waals surface area contributed by atoms with E-state index >= 15 is 0 Å². The Morgan fingerprint density at radius 3 is 2.64 bits per heavy atom. The highest BCUT2D eigenvalue weighted by Crippen LogP contribution is 2.11. The second-order valence-electron chi connectivity index (χ2n) is 4.35. The largest absolute Gasteiger partial charge is 0.394 e. The first-order chi connectivity index (χ1) is 6.56. The molecule has 0 bridgehead atoms. The highest BCUT2D eigenvalue weighted by Gasteiger charge is 2.32. The van der Waals surface area contributed by atoms with Gasteiger partial charge in [0.15, 0.2) is 0 Å². The number of carbonyl (C=O) groups is 1. The lowest BCUT2D eigenvalue weighted by atomic mass is 10.1. The summed E-state index contributed by atoms with van der Waals surface area (Å²) < 4.78 is 0. The fourth-order valence-electron chi connectivity index (χ4n) is 1.84. The fraction of sp³-hybridized carbons (Fsp3) is 0.900. The number of rotatable bonds is 3. The Kier molecular flexibility index (Phi) is 3.89. The van der Waals surface area contributed by atoms with Crippen LogP contribution in [0.2, 0.25) is 0 Å². The van der Waals surface area contributed by atoms with Gasteiger partial charge >= 0.3 is 0 Å². The molecule has 82 valence electrons. The fourth-order valence-corrected chi connectivity index (χ4v) is 1.84. The summed E-state index contributed by atoms with van der Waals surface area (Å²) in [6, 6.07) is -0.323. The van der Waals surface area contributed by atoms with Gasteiger partial charge in [0.2, 0.25) is 5.91 Å². The van der Waals surface area contributed by atoms with Crippen molar-refractivity contribution in [3.63, 3.8) is 0 Å². The third-order valence-electron chi connectivity index (χ3n) is 2.60. The van der Waals surface area contributed by atoms with Gasteiger partial charge < -0.3 is 10.0 Å². The molecule has 0 aromatic carbocycles. The van der Waals surface area contributed by atoms with Crippen LogP contribution in [0, 0.1) is 5.92 Å². The van der Waals surface area contributed by atoms with E-state index in [0.717, 1.165) is 19.6 Å². The van der Waals surface area contributed by atoms with Gasteiger partial charge in [-0.2, -0.15) is 0 Å². The molecule has 1 rings (SSSR count). The molecule has 1 N–H and O–H groups in total. The van der Waals surface area contributed by atoms with E-state index in [9.17, 15) is 9.90 Å². The number of likely N-dealkylation sites (N-methyl/N-ethyl adjacent to an activating group) is 1. The molecule has 0 spiro atoms. The zero-order valence-corrected chi connectivity index (χ0v) is 9.23. The van der Waals surface area contributed by atoms with E-state index in [2.05, 4.69) is 18.7 Å². The monoisotopic (exact) mass is 200 g/mol. The Balaban J connectivity index is 2.62. The van der Waals surface area contributed by atoms with Crippen LogP contribution in [0.5, 0.6) is 0 Å². The number of aliphatic hydroxyl groups is 1. The summed E-state index contributed by atoms with van der Waals surface area (Å²) in [4.78, 5) is 15.4. The van der Waals surface area contributed by atoms with E-state index < -0.39 is 0 Å². The van der Waals surface area contributed by atoms with E-state index in [-0.39, 0.29) is 18.6 Å². The van der Waals surface area contributed by atoms with Crippen LogP contribution in [0.25, 0.3) is 0 Å². The molecule has 1 heterocycles. The molecule has 1 atom stereocenters. The molecule has 1 saturated heterocycles. The first-order valence-corrected chi connectivity index (χ1v) is 5.16. The zero-order chi connectivity index (χ0) is 10.7. The summed E-state index contributed by atoms with van der Waals surface area (Å²) in [5.74, 6) is 0.569. The van der Waals surface area contributed by atoms with Crippen LogP contribution in [-0.4, -0.2) is 60.1 Å². The van der Waals surface area contributed by atoms with Crippen molar-refractivity contribution in [3.05, 3.63) is 0 Å². The van der Waals surface area contributed by atoms with Crippen molar-refractivity contribution in [2.24, 2.45) is 5.92 Å². The number of nitrogens with zero attached hydrogens (tertiary/aromatic N) is 2. The summed E-state index contributed by atoms with van der Waals surface area (Å²) in [6.45, 7) is 6.68. The number of amides is 1. The van der Waals surface area contributed by atoms with Crippen LogP contribution in [0.15, 0.2) is 0 Å². The van der Waals surface area contributed by atoms with E-state index in [0.29, 0.717) is 5.92 Å². The number of hydrogen-bond acceptors (Lipinski definition) is 3. The maximum Gasteiger partial charge on any atom is 0.242 e. The number of aliphatic hydroxyl groups excluding tert-OH is 1. The van der Waals surface area contributed by atoms with Gasteiger partial charge in [0, 0.05) is 26.7 Å². The average Bonchev–Trinajstić information content (AvgIpc) is 2.11. The summed E-state index contributed by atoms with van der Waals surface area (Å²) >= 11 is 0. The molecule has 0 saturated carbocycles. The number of hydrogen-bond donors (Lipinski definition) is 1. The molecule has 4 heteroatoms. The Morgan fingerprint density at radius 2 is 2.14 bits per heavy atom. The second-order valence-corrected chi connectivity index (χ2v) is 4.35. The molecule has 1 amide bonds. The third kappa shape index (κ3) is 2.45. The molecule has 0 aliphatic carbocycles. The molecule has 0 aromatic rings. The topological polar surface area (TPSA) is 43.8 Å². The Morgan fingerprint density at radius 1 is 1.50 bits per heavy atom. The van der Waals surface area contributed by atoms with Gasteiger partial charge in [-0.05, 0) is 5.92 Å². The summed E-state index contributed by atoms with van der Waals surface area (Å²) in [5.41, 5.74) is 0. The molecule has 0 radical (unpaired) electrons. The lowest BCUT2D eigenvalue weighted by molar-refractivity contribution is -0.142. The van der Waals surface area contributed by atoms with Crippen molar-refractivity contribution in [1.82, 2.24) is 9.80 Å². The molecule has 0 aromatic heterocycles. The van der Waals surface area contributed by atoms with Gasteiger partial charge in [0.1, 0.15) is 6.04 Å². The van der Waals surface area contributed by atoms with Gasteiger partial charge in [-0.15, -0.1) is 0 Å². The van der Waals surface area contributed by atoms with Crippen molar-refractivity contribution in [3.8, 4) is 0 Å². The minimum atomic E-state index is -0.323. The third-order valence-corrected chi connectivity index (χ3v) is 2.60. The summed E-state index contributed by atoms with van der Waals surface area (Å²) in [6.07, 6.45) is 0. The molecule has 14 heavy (non-hydrogen) atoms. The van der Waals surface area contributed by atoms with Gasteiger partial charge in [0.05, 0.1) is 6.61 Å². The molecule has 1 fully saturated rings. The van der Waals surface area contributed by atoms with Crippen LogP contribution < -0.4 is 0 Å². The standard InChI is InChI=1S/C10H20N2O2/c1-8(2)6-12-5-4-11(3)10(14)9(12)7-13/h8-9,13H,4-7H2,1-3H3. The van der Waals surface area contributed by atoms with Crippen LogP contribution >= 0.6 is 0 Å². The Hall–Kier alpha value is -0.610. The van der Waals surface area contributed by atoms with Gasteiger partial charge in [-0.1, -0.05) is 13.8 Å².